The minimum Gasteiger partial charge on any atom is -0.296 e. The van der Waals surface area contributed by atoms with Crippen molar-refractivity contribution in [3.8, 4) is 0 Å². The maximum absolute atomic E-state index is 4.45. The monoisotopic (exact) mass is 313 g/mol. The Morgan fingerprint density at radius 3 is 2.52 bits per heavy atom. The van der Waals surface area contributed by atoms with Gasteiger partial charge in [-0.1, -0.05) is 13.0 Å². The van der Waals surface area contributed by atoms with Crippen LogP contribution in [0.3, 0.4) is 0 Å². The highest BCUT2D eigenvalue weighted by Gasteiger charge is 2.17. The molecule has 1 N–H and O–H groups in total. The van der Waals surface area contributed by atoms with Crippen LogP contribution in [0.4, 0.5) is 0 Å². The summed E-state index contributed by atoms with van der Waals surface area (Å²) in [6.07, 6.45) is 4.09. The third-order valence-electron chi connectivity index (χ3n) is 4.72. The number of nitrogens with one attached hydrogen (secondary N) is 1. The Hall–Kier alpha value is -1.72. The Morgan fingerprint density at radius 2 is 1.87 bits per heavy atom. The van der Waals surface area contributed by atoms with Crippen LogP contribution in [-0.2, 0) is 19.5 Å². The first-order chi connectivity index (χ1) is 11.3. The van der Waals surface area contributed by atoms with E-state index < -0.39 is 0 Å². The number of aromatic amines is 1. The van der Waals surface area contributed by atoms with Gasteiger partial charge in [0.15, 0.2) is 0 Å². The van der Waals surface area contributed by atoms with Crippen molar-refractivity contribution in [2.75, 3.05) is 26.2 Å². The molecule has 5 heteroatoms. The van der Waals surface area contributed by atoms with Crippen molar-refractivity contribution in [2.24, 2.45) is 0 Å². The van der Waals surface area contributed by atoms with Gasteiger partial charge in [0.05, 0.1) is 17.1 Å². The predicted octanol–water partition coefficient (Wildman–Crippen LogP) is 2.38. The second kappa shape index (κ2) is 7.70. The van der Waals surface area contributed by atoms with Crippen LogP contribution in [0, 0.1) is 6.92 Å². The van der Waals surface area contributed by atoms with Crippen LogP contribution >= 0.6 is 0 Å². The molecule has 1 aliphatic rings. The Morgan fingerprint density at radius 1 is 1.09 bits per heavy atom. The van der Waals surface area contributed by atoms with Crippen LogP contribution < -0.4 is 0 Å². The Kier molecular flexibility index (Phi) is 5.41. The van der Waals surface area contributed by atoms with E-state index in [0.29, 0.717) is 0 Å². The molecule has 2 aromatic heterocycles. The van der Waals surface area contributed by atoms with Crippen molar-refractivity contribution in [3.05, 3.63) is 47.0 Å². The van der Waals surface area contributed by atoms with Gasteiger partial charge in [-0.25, -0.2) is 0 Å². The number of H-pyrrole nitrogens is 1. The SMILES string of the molecule is CCc1n[nH]c(CN2CCCN(Cc3ccccn3)CC2)c1C. The summed E-state index contributed by atoms with van der Waals surface area (Å²) in [5.74, 6) is 0. The summed E-state index contributed by atoms with van der Waals surface area (Å²) in [7, 11) is 0. The zero-order chi connectivity index (χ0) is 16.1. The summed E-state index contributed by atoms with van der Waals surface area (Å²) >= 11 is 0. The molecule has 0 radical (unpaired) electrons. The van der Waals surface area contributed by atoms with Gasteiger partial charge in [0.25, 0.3) is 0 Å². The molecular formula is C18H27N5. The van der Waals surface area contributed by atoms with E-state index in [4.69, 9.17) is 0 Å². The molecule has 23 heavy (non-hydrogen) atoms. The van der Waals surface area contributed by atoms with E-state index in [1.165, 1.54) is 23.4 Å². The Balaban J connectivity index is 1.55. The lowest BCUT2D eigenvalue weighted by atomic mass is 10.1. The molecule has 0 bridgehead atoms. The van der Waals surface area contributed by atoms with Crippen molar-refractivity contribution in [1.29, 1.82) is 0 Å². The zero-order valence-electron chi connectivity index (χ0n) is 14.3. The van der Waals surface area contributed by atoms with Gasteiger partial charge < -0.3 is 0 Å². The molecule has 0 aliphatic carbocycles. The summed E-state index contributed by atoms with van der Waals surface area (Å²) < 4.78 is 0. The molecule has 0 aromatic carbocycles. The van der Waals surface area contributed by atoms with E-state index in [9.17, 15) is 0 Å². The maximum atomic E-state index is 4.45. The first kappa shape index (κ1) is 16.1. The standard InChI is InChI=1S/C18H27N5/c1-3-17-15(2)18(21-20-17)14-23-10-6-9-22(11-12-23)13-16-7-4-5-8-19-16/h4-5,7-8H,3,6,9-14H2,1-2H3,(H,20,21). The van der Waals surface area contributed by atoms with Crippen LogP contribution in [0.5, 0.6) is 0 Å². The smallest absolute Gasteiger partial charge is 0.0651 e. The quantitative estimate of drug-likeness (QED) is 0.921. The summed E-state index contributed by atoms with van der Waals surface area (Å²) in [5.41, 5.74) is 4.98. The molecule has 1 saturated heterocycles. The van der Waals surface area contributed by atoms with Gasteiger partial charge in [0.1, 0.15) is 0 Å². The predicted molar refractivity (Wildman–Crippen MR) is 92.1 cm³/mol. The van der Waals surface area contributed by atoms with Crippen LogP contribution in [-0.4, -0.2) is 51.2 Å². The average Bonchev–Trinajstić information content (AvgIpc) is 2.78. The first-order valence-electron chi connectivity index (χ1n) is 8.63. The zero-order valence-corrected chi connectivity index (χ0v) is 14.3. The maximum Gasteiger partial charge on any atom is 0.0651 e. The fourth-order valence-corrected chi connectivity index (χ4v) is 3.26. The van der Waals surface area contributed by atoms with Crippen LogP contribution in [0.25, 0.3) is 0 Å². The van der Waals surface area contributed by atoms with E-state index >= 15 is 0 Å². The molecule has 0 unspecified atom stereocenters. The molecule has 3 rings (SSSR count). The fourth-order valence-electron chi connectivity index (χ4n) is 3.26. The Labute approximate surface area is 138 Å². The molecule has 2 aromatic rings. The summed E-state index contributed by atoms with van der Waals surface area (Å²) in [6, 6.07) is 6.16. The van der Waals surface area contributed by atoms with Gasteiger partial charge in [0, 0.05) is 32.4 Å². The lowest BCUT2D eigenvalue weighted by molar-refractivity contribution is 0.244. The summed E-state index contributed by atoms with van der Waals surface area (Å²) in [5, 5.41) is 7.65. The first-order valence-corrected chi connectivity index (χ1v) is 8.63. The third-order valence-corrected chi connectivity index (χ3v) is 4.72. The highest BCUT2D eigenvalue weighted by Crippen LogP contribution is 2.15. The van der Waals surface area contributed by atoms with Gasteiger partial charge in [0.2, 0.25) is 0 Å². The number of aromatic nitrogens is 3. The van der Waals surface area contributed by atoms with Crippen LogP contribution in [0.1, 0.15) is 36.0 Å². The van der Waals surface area contributed by atoms with Gasteiger partial charge in [-0.2, -0.15) is 5.10 Å². The molecule has 0 amide bonds. The molecule has 5 nitrogen and oxygen atoms in total. The van der Waals surface area contributed by atoms with E-state index in [-0.39, 0.29) is 0 Å². The lowest BCUT2D eigenvalue weighted by Crippen LogP contribution is -2.30. The number of nitrogens with zero attached hydrogens (tertiary/aromatic N) is 4. The highest BCUT2D eigenvalue weighted by molar-refractivity contribution is 5.23. The molecule has 0 saturated carbocycles. The number of aryl methyl sites for hydroxylation is 1. The van der Waals surface area contributed by atoms with Crippen molar-refractivity contribution >= 4 is 0 Å². The van der Waals surface area contributed by atoms with Crippen LogP contribution in [0.2, 0.25) is 0 Å². The molecule has 1 fully saturated rings. The minimum atomic E-state index is 0.956. The van der Waals surface area contributed by atoms with Crippen molar-refractivity contribution < 1.29 is 0 Å². The lowest BCUT2D eigenvalue weighted by Gasteiger charge is -2.21. The van der Waals surface area contributed by atoms with E-state index in [1.807, 2.05) is 12.3 Å². The van der Waals surface area contributed by atoms with E-state index in [2.05, 4.69) is 51.0 Å². The second-order valence-corrected chi connectivity index (χ2v) is 6.35. The fraction of sp³-hybridized carbons (Fsp3) is 0.556. The van der Waals surface area contributed by atoms with Crippen molar-refractivity contribution in [3.63, 3.8) is 0 Å². The number of pyridine rings is 1. The second-order valence-electron chi connectivity index (χ2n) is 6.35. The Bertz CT molecular complexity index is 607. The highest BCUT2D eigenvalue weighted by atomic mass is 15.2. The normalized spacial score (nSPS) is 17.3. The summed E-state index contributed by atoms with van der Waals surface area (Å²) in [4.78, 5) is 9.50. The number of hydrogen-bond acceptors (Lipinski definition) is 4. The average molecular weight is 313 g/mol. The molecule has 124 valence electrons. The van der Waals surface area contributed by atoms with E-state index in [1.54, 1.807) is 0 Å². The third kappa shape index (κ3) is 4.18. The van der Waals surface area contributed by atoms with Gasteiger partial charge in [-0.3, -0.25) is 19.9 Å². The topological polar surface area (TPSA) is 48.1 Å². The summed E-state index contributed by atoms with van der Waals surface area (Å²) in [6.45, 7) is 10.8. The van der Waals surface area contributed by atoms with Gasteiger partial charge >= 0.3 is 0 Å². The number of hydrogen-bond donors (Lipinski definition) is 1. The minimum absolute atomic E-state index is 0.956. The van der Waals surface area contributed by atoms with Crippen molar-refractivity contribution in [2.45, 2.75) is 39.8 Å². The van der Waals surface area contributed by atoms with E-state index in [0.717, 1.165) is 51.4 Å². The van der Waals surface area contributed by atoms with Crippen LogP contribution in [0.15, 0.2) is 24.4 Å². The van der Waals surface area contributed by atoms with Gasteiger partial charge in [-0.15, -0.1) is 0 Å². The molecule has 0 atom stereocenters. The number of rotatable bonds is 5. The largest absolute Gasteiger partial charge is 0.296 e. The van der Waals surface area contributed by atoms with Gasteiger partial charge in [-0.05, 0) is 50.6 Å². The molecular weight excluding hydrogens is 286 g/mol. The molecule has 1 aliphatic heterocycles. The molecule has 3 heterocycles. The van der Waals surface area contributed by atoms with Crippen molar-refractivity contribution in [1.82, 2.24) is 25.0 Å². The molecule has 0 spiro atoms.